The van der Waals surface area contributed by atoms with Crippen LogP contribution in [0.2, 0.25) is 0 Å². The maximum Gasteiger partial charge on any atom is 0.0719 e. The van der Waals surface area contributed by atoms with Gasteiger partial charge >= 0.3 is 0 Å². The molecule has 62 heavy (non-hydrogen) atoms. The van der Waals surface area contributed by atoms with E-state index in [1.54, 1.807) is 0 Å². The number of benzene rings is 8. The second-order valence-corrected chi connectivity index (χ2v) is 20.6. The molecule has 0 bridgehead atoms. The van der Waals surface area contributed by atoms with Crippen LogP contribution in [0, 0.1) is 0 Å². The first-order valence-corrected chi connectivity index (χ1v) is 22.4. The molecule has 2 heterocycles. The van der Waals surface area contributed by atoms with Gasteiger partial charge in [0.1, 0.15) is 0 Å². The molecule has 0 N–H and O–H groups in total. The van der Waals surface area contributed by atoms with Gasteiger partial charge in [-0.05, 0) is 127 Å². The standard InChI is InChI=1S/C60H52N2/c1-57(2,3)37-25-30-54-44(33-37)45-34-38(58(4,5)6)26-31-55(45)61(54)39-28-32-56-46(35-39)43-19-11-16-24-53(43)62(56)40-27-29-51-52(36-40)59(7,8)49-22-14-15-23-50(49)60(51)47-20-12-9-17-41(47)42-18-10-13-21-48(42)60/h9-36H,1-8H3. The highest BCUT2D eigenvalue weighted by atomic mass is 15.0. The molecule has 2 aliphatic carbocycles. The third-order valence-electron chi connectivity index (χ3n) is 14.7. The molecular formula is C60H52N2. The molecule has 2 aromatic heterocycles. The third kappa shape index (κ3) is 4.87. The molecule has 0 fully saturated rings. The zero-order valence-corrected chi connectivity index (χ0v) is 37.1. The van der Waals surface area contributed by atoms with E-state index in [0.717, 1.165) is 0 Å². The van der Waals surface area contributed by atoms with Crippen molar-refractivity contribution in [2.75, 3.05) is 0 Å². The van der Waals surface area contributed by atoms with Crippen molar-refractivity contribution in [2.45, 2.75) is 77.0 Å². The van der Waals surface area contributed by atoms with Crippen LogP contribution in [0.5, 0.6) is 0 Å². The van der Waals surface area contributed by atoms with Gasteiger partial charge in [-0.3, -0.25) is 0 Å². The second kappa shape index (κ2) is 12.5. The van der Waals surface area contributed by atoms with Gasteiger partial charge in [-0.25, -0.2) is 0 Å². The van der Waals surface area contributed by atoms with Gasteiger partial charge in [0.2, 0.25) is 0 Å². The van der Waals surface area contributed by atoms with E-state index < -0.39 is 5.41 Å². The highest BCUT2D eigenvalue weighted by Gasteiger charge is 2.53. The van der Waals surface area contributed by atoms with E-state index >= 15 is 0 Å². The Bertz CT molecular complexity index is 3400. The SMILES string of the molecule is CC(C)(C)c1ccc2c(c1)c1cc(C(C)(C)C)ccc1n2-c1ccc2c(c1)c1ccccc1n2-c1ccc2c(c1)C(C)(C)c1ccccc1C21c2ccccc2-c2ccccc21. The minimum atomic E-state index is -0.410. The van der Waals surface area contributed by atoms with E-state index in [2.05, 4.69) is 234 Å². The Morgan fingerprint density at radius 1 is 0.339 bits per heavy atom. The first-order valence-electron chi connectivity index (χ1n) is 22.4. The van der Waals surface area contributed by atoms with Crippen LogP contribution in [0.1, 0.15) is 99.9 Å². The topological polar surface area (TPSA) is 9.86 Å². The van der Waals surface area contributed by atoms with Crippen LogP contribution < -0.4 is 0 Å². The predicted octanol–water partition coefficient (Wildman–Crippen LogP) is 15.5. The molecule has 0 amide bonds. The summed E-state index contributed by atoms with van der Waals surface area (Å²) in [6, 6.07) is 65.1. The number of rotatable bonds is 2. The molecule has 2 aliphatic rings. The number of nitrogens with zero attached hydrogens (tertiary/aromatic N) is 2. The van der Waals surface area contributed by atoms with Gasteiger partial charge < -0.3 is 9.13 Å². The lowest BCUT2D eigenvalue weighted by Gasteiger charge is -2.46. The van der Waals surface area contributed by atoms with Crippen LogP contribution in [-0.2, 0) is 21.7 Å². The van der Waals surface area contributed by atoms with Crippen LogP contribution in [0.15, 0.2) is 170 Å². The molecule has 302 valence electrons. The van der Waals surface area contributed by atoms with Gasteiger partial charge in [-0.15, -0.1) is 0 Å². The highest BCUT2D eigenvalue weighted by Crippen LogP contribution is 2.62. The molecule has 0 unspecified atom stereocenters. The van der Waals surface area contributed by atoms with Gasteiger partial charge in [0, 0.05) is 38.3 Å². The summed E-state index contributed by atoms with van der Waals surface area (Å²) in [6.07, 6.45) is 0. The maximum atomic E-state index is 2.52. The summed E-state index contributed by atoms with van der Waals surface area (Å²) in [6.45, 7) is 18.7. The molecule has 8 aromatic carbocycles. The minimum absolute atomic E-state index is 0.0485. The van der Waals surface area contributed by atoms with Gasteiger partial charge in [0.05, 0.1) is 27.5 Å². The number of fused-ring (bicyclic) bond motifs is 15. The lowest BCUT2D eigenvalue weighted by Crippen LogP contribution is -2.40. The summed E-state index contributed by atoms with van der Waals surface area (Å²) in [5.41, 5.74) is 20.4. The fraction of sp³-hybridized carbons (Fsp3) is 0.200. The Kier molecular flexibility index (Phi) is 7.48. The van der Waals surface area contributed by atoms with E-state index in [0.29, 0.717) is 0 Å². The van der Waals surface area contributed by atoms with E-state index in [1.165, 1.54) is 111 Å². The van der Waals surface area contributed by atoms with E-state index in [1.807, 2.05) is 0 Å². The lowest BCUT2D eigenvalue weighted by atomic mass is 9.55. The van der Waals surface area contributed by atoms with Gasteiger partial charge in [0.15, 0.2) is 0 Å². The van der Waals surface area contributed by atoms with Crippen molar-refractivity contribution in [3.63, 3.8) is 0 Å². The molecule has 0 saturated heterocycles. The fourth-order valence-electron chi connectivity index (χ4n) is 11.6. The summed E-state index contributed by atoms with van der Waals surface area (Å²) in [5.74, 6) is 0. The van der Waals surface area contributed by atoms with E-state index in [4.69, 9.17) is 0 Å². The summed E-state index contributed by atoms with van der Waals surface area (Å²) in [7, 11) is 0. The monoisotopic (exact) mass is 800 g/mol. The Morgan fingerprint density at radius 3 is 1.34 bits per heavy atom. The number of aromatic nitrogens is 2. The molecule has 10 aromatic rings. The van der Waals surface area contributed by atoms with Crippen molar-refractivity contribution < 1.29 is 0 Å². The summed E-state index contributed by atoms with van der Waals surface area (Å²) in [4.78, 5) is 0. The number of hydrogen-bond donors (Lipinski definition) is 0. The van der Waals surface area contributed by atoms with Crippen LogP contribution in [-0.4, -0.2) is 9.13 Å². The van der Waals surface area contributed by atoms with Gasteiger partial charge in [0.25, 0.3) is 0 Å². The predicted molar refractivity (Wildman–Crippen MR) is 262 cm³/mol. The second-order valence-electron chi connectivity index (χ2n) is 20.6. The van der Waals surface area contributed by atoms with E-state index in [-0.39, 0.29) is 16.2 Å². The quantitative estimate of drug-likeness (QED) is 0.165. The Hall–Kier alpha value is -6.64. The lowest BCUT2D eigenvalue weighted by molar-refractivity contribution is 0.563. The van der Waals surface area contributed by atoms with Crippen LogP contribution in [0.3, 0.4) is 0 Å². The average Bonchev–Trinajstić information content (AvgIpc) is 3.89. The molecule has 1 spiro atoms. The van der Waals surface area contributed by atoms with Crippen molar-refractivity contribution >= 4 is 43.6 Å². The number of hydrogen-bond acceptors (Lipinski definition) is 0. The highest BCUT2D eigenvalue weighted by molar-refractivity contribution is 6.12. The molecule has 0 aliphatic heterocycles. The van der Waals surface area contributed by atoms with Crippen molar-refractivity contribution in [1.82, 2.24) is 9.13 Å². The summed E-state index contributed by atoms with van der Waals surface area (Å²) < 4.78 is 5.00. The van der Waals surface area contributed by atoms with E-state index in [9.17, 15) is 0 Å². The molecule has 0 saturated carbocycles. The average molecular weight is 801 g/mol. The third-order valence-corrected chi connectivity index (χ3v) is 14.7. The molecule has 2 heteroatoms. The Balaban J connectivity index is 1.10. The van der Waals surface area contributed by atoms with Crippen LogP contribution >= 0.6 is 0 Å². The Morgan fingerprint density at radius 2 is 0.758 bits per heavy atom. The molecule has 2 nitrogen and oxygen atoms in total. The van der Waals surface area contributed by atoms with Gasteiger partial charge in [-0.2, -0.15) is 0 Å². The maximum absolute atomic E-state index is 2.52. The zero-order valence-electron chi connectivity index (χ0n) is 37.1. The molecular weight excluding hydrogens is 749 g/mol. The molecule has 0 atom stereocenters. The number of para-hydroxylation sites is 1. The van der Waals surface area contributed by atoms with Crippen molar-refractivity contribution in [3.8, 4) is 22.5 Å². The molecule has 0 radical (unpaired) electrons. The van der Waals surface area contributed by atoms with Crippen molar-refractivity contribution in [3.05, 3.63) is 214 Å². The smallest absolute Gasteiger partial charge is 0.0719 e. The Labute approximate surface area is 365 Å². The van der Waals surface area contributed by atoms with Crippen LogP contribution in [0.25, 0.3) is 66.1 Å². The normalized spacial score (nSPS) is 15.0. The minimum Gasteiger partial charge on any atom is -0.309 e. The fourth-order valence-corrected chi connectivity index (χ4v) is 11.6. The molecule has 12 rings (SSSR count). The summed E-state index contributed by atoms with van der Waals surface area (Å²) in [5, 5.41) is 5.13. The van der Waals surface area contributed by atoms with Crippen molar-refractivity contribution in [2.24, 2.45) is 0 Å². The van der Waals surface area contributed by atoms with Crippen LogP contribution in [0.4, 0.5) is 0 Å². The zero-order chi connectivity index (χ0) is 42.5. The summed E-state index contributed by atoms with van der Waals surface area (Å²) >= 11 is 0. The first-order chi connectivity index (χ1) is 29.8. The first kappa shape index (κ1) is 37.1. The van der Waals surface area contributed by atoms with Gasteiger partial charge in [-0.1, -0.05) is 165 Å². The van der Waals surface area contributed by atoms with Crippen molar-refractivity contribution in [1.29, 1.82) is 0 Å². The largest absolute Gasteiger partial charge is 0.309 e.